The molecule has 0 spiro atoms. The van der Waals surface area contributed by atoms with Gasteiger partial charge < -0.3 is 14.8 Å². The Morgan fingerprint density at radius 3 is 2.36 bits per heavy atom. The summed E-state index contributed by atoms with van der Waals surface area (Å²) in [5, 5.41) is 13.0. The molecule has 3 aromatic carbocycles. The zero-order valence-electron chi connectivity index (χ0n) is 17.8. The normalized spacial score (nSPS) is 11.0. The number of halogens is 3. The van der Waals surface area contributed by atoms with Crippen molar-refractivity contribution < 1.29 is 14.3 Å². The summed E-state index contributed by atoms with van der Waals surface area (Å²) in [6.45, 7) is 2.28. The van der Waals surface area contributed by atoms with E-state index in [1.54, 1.807) is 30.3 Å². The Morgan fingerprint density at radius 1 is 1.09 bits per heavy atom. The summed E-state index contributed by atoms with van der Waals surface area (Å²) in [5.41, 5.74) is 3.11. The third-order valence-electron chi connectivity index (χ3n) is 4.60. The summed E-state index contributed by atoms with van der Waals surface area (Å²) in [6.07, 6.45) is 1.50. The predicted octanol–water partition coefficient (Wildman–Crippen LogP) is 7.31. The van der Waals surface area contributed by atoms with E-state index >= 15 is 0 Å². The van der Waals surface area contributed by atoms with Gasteiger partial charge in [0.1, 0.15) is 18.2 Å². The molecule has 0 saturated heterocycles. The lowest BCUT2D eigenvalue weighted by atomic mass is 10.1. The third kappa shape index (κ3) is 6.61. The molecule has 1 N–H and O–H groups in total. The van der Waals surface area contributed by atoms with Crippen molar-refractivity contribution in [2.75, 3.05) is 12.4 Å². The minimum atomic E-state index is -0.523. The number of nitrogens with one attached hydrogen (secondary N) is 1. The van der Waals surface area contributed by atoms with Gasteiger partial charge >= 0.3 is 0 Å². The van der Waals surface area contributed by atoms with Gasteiger partial charge in [-0.15, -0.1) is 0 Å². The van der Waals surface area contributed by atoms with E-state index in [0.29, 0.717) is 43.3 Å². The van der Waals surface area contributed by atoms with Gasteiger partial charge in [0.05, 0.1) is 12.8 Å². The van der Waals surface area contributed by atoms with E-state index in [2.05, 4.69) is 37.2 Å². The Kier molecular flexibility index (Phi) is 8.56. The van der Waals surface area contributed by atoms with Gasteiger partial charge in [0.2, 0.25) is 0 Å². The maximum atomic E-state index is 12.7. The van der Waals surface area contributed by atoms with E-state index in [1.807, 2.05) is 37.3 Å². The highest BCUT2D eigenvalue weighted by Gasteiger charge is 2.15. The monoisotopic (exact) mass is 588 g/mol. The van der Waals surface area contributed by atoms with Crippen molar-refractivity contribution in [3.05, 3.63) is 90.8 Å². The van der Waals surface area contributed by atoms with Gasteiger partial charge in [-0.05, 0) is 97.9 Å². The van der Waals surface area contributed by atoms with Gasteiger partial charge in [0.25, 0.3) is 5.91 Å². The maximum absolute atomic E-state index is 12.7. The summed E-state index contributed by atoms with van der Waals surface area (Å²) in [4.78, 5) is 12.7. The summed E-state index contributed by atoms with van der Waals surface area (Å²) in [5.74, 6) is 0.504. The number of hydrogen-bond acceptors (Lipinski definition) is 4. The van der Waals surface area contributed by atoms with Crippen LogP contribution in [0.15, 0.2) is 69.1 Å². The molecule has 0 fully saturated rings. The Morgan fingerprint density at radius 2 is 1.76 bits per heavy atom. The lowest BCUT2D eigenvalue weighted by Gasteiger charge is -2.12. The highest BCUT2D eigenvalue weighted by Crippen LogP contribution is 2.33. The molecule has 5 nitrogen and oxygen atoms in total. The van der Waals surface area contributed by atoms with Crippen LogP contribution in [0.2, 0.25) is 5.02 Å². The van der Waals surface area contributed by atoms with Crippen LogP contribution < -0.4 is 14.8 Å². The van der Waals surface area contributed by atoms with Gasteiger partial charge in [0.15, 0.2) is 11.5 Å². The lowest BCUT2D eigenvalue weighted by molar-refractivity contribution is -0.112. The first-order valence-corrected chi connectivity index (χ1v) is 11.7. The molecule has 8 heteroatoms. The summed E-state index contributed by atoms with van der Waals surface area (Å²) >= 11 is 12.8. The smallest absolute Gasteiger partial charge is 0.266 e. The quantitative estimate of drug-likeness (QED) is 0.231. The summed E-state index contributed by atoms with van der Waals surface area (Å²) < 4.78 is 12.7. The molecule has 0 radical (unpaired) electrons. The molecular formula is C25H19Br2ClN2O3. The molecule has 0 aromatic heterocycles. The largest absolute Gasteiger partial charge is 0.493 e. The van der Waals surface area contributed by atoms with Crippen molar-refractivity contribution in [3.8, 4) is 17.6 Å². The van der Waals surface area contributed by atoms with E-state index < -0.39 is 5.91 Å². The second-order valence-corrected chi connectivity index (χ2v) is 9.20. The number of nitrogens with zero attached hydrogens (tertiary/aromatic N) is 1. The number of methoxy groups -OCH3 is 1. The summed E-state index contributed by atoms with van der Waals surface area (Å²) in [7, 11) is 1.53. The number of carbonyl (C=O) groups excluding carboxylic acids is 1. The van der Waals surface area contributed by atoms with Gasteiger partial charge in [-0.25, -0.2) is 0 Å². The average Bonchev–Trinajstić information content (AvgIpc) is 2.79. The lowest BCUT2D eigenvalue weighted by Crippen LogP contribution is -2.14. The van der Waals surface area contributed by atoms with Crippen LogP contribution in [0, 0.1) is 18.3 Å². The Bertz CT molecular complexity index is 1230. The fourth-order valence-corrected chi connectivity index (χ4v) is 4.69. The van der Waals surface area contributed by atoms with Gasteiger partial charge in [0, 0.05) is 14.0 Å². The average molecular weight is 591 g/mol. The van der Waals surface area contributed by atoms with E-state index in [9.17, 15) is 10.1 Å². The highest BCUT2D eigenvalue weighted by atomic mass is 79.9. The molecule has 0 heterocycles. The molecule has 0 bridgehead atoms. The van der Waals surface area contributed by atoms with E-state index in [1.165, 1.54) is 13.2 Å². The van der Waals surface area contributed by atoms with Gasteiger partial charge in [-0.3, -0.25) is 4.79 Å². The number of anilines is 1. The van der Waals surface area contributed by atoms with Gasteiger partial charge in [-0.2, -0.15) is 5.26 Å². The Labute approximate surface area is 214 Å². The zero-order valence-corrected chi connectivity index (χ0v) is 21.7. The van der Waals surface area contributed by atoms with Crippen LogP contribution in [0.1, 0.15) is 16.7 Å². The Hall–Kier alpha value is -2.79. The van der Waals surface area contributed by atoms with E-state index in [0.717, 1.165) is 11.1 Å². The SMILES string of the molecule is COc1cc(/C=C(\C#N)C(=O)Nc2c(Br)cc(C)cc2Br)ccc1OCc1ccc(Cl)cc1. The minimum absolute atomic E-state index is 0.0498. The van der Waals surface area contributed by atoms with Gasteiger partial charge in [-0.1, -0.05) is 29.8 Å². The van der Waals surface area contributed by atoms with Crippen LogP contribution in [0.25, 0.3) is 6.08 Å². The van der Waals surface area contributed by atoms with Crippen molar-refractivity contribution in [2.45, 2.75) is 13.5 Å². The molecule has 33 heavy (non-hydrogen) atoms. The van der Waals surface area contributed by atoms with Crippen LogP contribution in [-0.2, 0) is 11.4 Å². The highest BCUT2D eigenvalue weighted by molar-refractivity contribution is 9.11. The van der Waals surface area contributed by atoms with Crippen molar-refractivity contribution in [3.63, 3.8) is 0 Å². The molecule has 1 amide bonds. The van der Waals surface area contributed by atoms with Crippen LogP contribution in [0.5, 0.6) is 11.5 Å². The molecule has 0 unspecified atom stereocenters. The van der Waals surface area contributed by atoms with Crippen LogP contribution >= 0.6 is 43.5 Å². The topological polar surface area (TPSA) is 71.3 Å². The second kappa shape index (κ2) is 11.4. The maximum Gasteiger partial charge on any atom is 0.266 e. The van der Waals surface area contributed by atoms with Crippen molar-refractivity contribution >= 4 is 61.1 Å². The first-order valence-electron chi connectivity index (χ1n) is 9.74. The van der Waals surface area contributed by atoms with E-state index in [-0.39, 0.29) is 5.57 Å². The number of hydrogen-bond donors (Lipinski definition) is 1. The van der Waals surface area contributed by atoms with Crippen LogP contribution in [0.4, 0.5) is 5.69 Å². The molecule has 0 aliphatic heterocycles. The number of nitriles is 1. The number of ether oxygens (including phenoxy) is 2. The third-order valence-corrected chi connectivity index (χ3v) is 6.10. The van der Waals surface area contributed by atoms with Crippen LogP contribution in [-0.4, -0.2) is 13.0 Å². The molecule has 0 aliphatic carbocycles. The molecular weight excluding hydrogens is 572 g/mol. The van der Waals surface area contributed by atoms with Crippen molar-refractivity contribution in [2.24, 2.45) is 0 Å². The zero-order chi connectivity index (χ0) is 24.0. The molecule has 168 valence electrons. The molecule has 3 aromatic rings. The van der Waals surface area contributed by atoms with Crippen molar-refractivity contribution in [1.82, 2.24) is 0 Å². The molecule has 3 rings (SSSR count). The summed E-state index contributed by atoms with van der Waals surface area (Å²) in [6, 6.07) is 18.3. The Balaban J connectivity index is 1.78. The predicted molar refractivity (Wildman–Crippen MR) is 138 cm³/mol. The second-order valence-electron chi connectivity index (χ2n) is 7.05. The number of benzene rings is 3. The first kappa shape index (κ1) is 24.8. The van der Waals surface area contributed by atoms with Crippen LogP contribution in [0.3, 0.4) is 0 Å². The number of amides is 1. The molecule has 0 aliphatic rings. The fraction of sp³-hybridized carbons (Fsp3) is 0.120. The van der Waals surface area contributed by atoms with Crippen molar-refractivity contribution in [1.29, 1.82) is 5.26 Å². The number of aryl methyl sites for hydroxylation is 1. The standard InChI is InChI=1S/C25H19Br2ClN2O3/c1-15-9-20(26)24(21(27)10-15)30-25(31)18(13-29)11-17-5-8-22(23(12-17)32-2)33-14-16-3-6-19(28)7-4-16/h3-12H,14H2,1-2H3,(H,30,31)/b18-11+. The van der Waals surface area contributed by atoms with E-state index in [4.69, 9.17) is 21.1 Å². The number of rotatable bonds is 7. The molecule has 0 atom stereocenters. The molecule has 0 saturated carbocycles. The minimum Gasteiger partial charge on any atom is -0.493 e. The first-order chi connectivity index (χ1) is 15.8. The number of carbonyl (C=O) groups is 1. The fourth-order valence-electron chi connectivity index (χ4n) is 2.95.